The van der Waals surface area contributed by atoms with Crippen molar-refractivity contribution in [3.63, 3.8) is 0 Å². The Kier molecular flexibility index (Phi) is 4.57. The number of nitrogens with one attached hydrogen (secondary N) is 1. The highest BCUT2D eigenvalue weighted by Gasteiger charge is 2.10. The Morgan fingerprint density at radius 1 is 1.12 bits per heavy atom. The zero-order valence-electron chi connectivity index (χ0n) is 13.7. The molecular weight excluding hydrogens is 300 g/mol. The number of hydrogen-bond acceptors (Lipinski definition) is 4. The first-order valence-electron chi connectivity index (χ1n) is 7.80. The molecule has 0 aliphatic heterocycles. The maximum Gasteiger partial charge on any atom is 0.190 e. The Bertz CT molecular complexity index is 860. The molecule has 0 atom stereocenters. The molecule has 3 rings (SSSR count). The molecule has 0 aliphatic rings. The number of nitriles is 1. The van der Waals surface area contributed by atoms with E-state index in [4.69, 9.17) is 10.00 Å². The van der Waals surface area contributed by atoms with E-state index in [0.29, 0.717) is 18.2 Å². The summed E-state index contributed by atoms with van der Waals surface area (Å²) in [5.41, 5.74) is 3.99. The van der Waals surface area contributed by atoms with Gasteiger partial charge in [-0.1, -0.05) is 44.2 Å². The molecule has 5 heteroatoms. The van der Waals surface area contributed by atoms with E-state index in [0.717, 1.165) is 16.9 Å². The van der Waals surface area contributed by atoms with Crippen LogP contribution in [0.15, 0.2) is 48.5 Å². The van der Waals surface area contributed by atoms with Gasteiger partial charge in [0.2, 0.25) is 0 Å². The smallest absolute Gasteiger partial charge is 0.190 e. The van der Waals surface area contributed by atoms with Gasteiger partial charge in [-0.15, -0.1) is 5.10 Å². The highest BCUT2D eigenvalue weighted by atomic mass is 16.5. The van der Waals surface area contributed by atoms with Gasteiger partial charge in [-0.3, -0.25) is 0 Å². The molecule has 1 aromatic heterocycles. The van der Waals surface area contributed by atoms with E-state index in [9.17, 15) is 0 Å². The van der Waals surface area contributed by atoms with Gasteiger partial charge in [0.05, 0.1) is 0 Å². The topological polar surface area (TPSA) is 74.6 Å². The predicted octanol–water partition coefficient (Wildman–Crippen LogP) is 4.05. The molecule has 0 bridgehead atoms. The Morgan fingerprint density at radius 2 is 1.92 bits per heavy atom. The van der Waals surface area contributed by atoms with Gasteiger partial charge in [0.1, 0.15) is 24.1 Å². The highest BCUT2D eigenvalue weighted by Crippen LogP contribution is 2.22. The molecule has 5 nitrogen and oxygen atoms in total. The van der Waals surface area contributed by atoms with Crippen molar-refractivity contribution in [1.29, 1.82) is 5.26 Å². The SMILES string of the molecule is CC(C)c1ccc(OCc2cccc(-c3n[nH]nc3C#N)c2)cc1. The molecule has 0 saturated carbocycles. The van der Waals surface area contributed by atoms with Gasteiger partial charge in [0.15, 0.2) is 5.69 Å². The summed E-state index contributed by atoms with van der Waals surface area (Å²) >= 11 is 0. The lowest BCUT2D eigenvalue weighted by Crippen LogP contribution is -1.96. The highest BCUT2D eigenvalue weighted by molar-refractivity contribution is 5.64. The molecule has 0 spiro atoms. The molecule has 0 saturated heterocycles. The molecular formula is C19H18N4O. The number of aromatic amines is 1. The summed E-state index contributed by atoms with van der Waals surface area (Å²) in [6.45, 7) is 4.79. The molecule has 0 amide bonds. The van der Waals surface area contributed by atoms with Gasteiger partial charge in [-0.05, 0) is 35.2 Å². The minimum absolute atomic E-state index is 0.289. The summed E-state index contributed by atoms with van der Waals surface area (Å²) in [6, 6.07) is 18.0. The average molecular weight is 318 g/mol. The van der Waals surface area contributed by atoms with Gasteiger partial charge in [0, 0.05) is 5.56 Å². The number of benzene rings is 2. The van der Waals surface area contributed by atoms with Gasteiger partial charge >= 0.3 is 0 Å². The zero-order valence-corrected chi connectivity index (χ0v) is 13.7. The second kappa shape index (κ2) is 6.97. The quantitative estimate of drug-likeness (QED) is 0.770. The number of aromatic nitrogens is 3. The van der Waals surface area contributed by atoms with Crippen LogP contribution in [0.25, 0.3) is 11.3 Å². The molecule has 0 fully saturated rings. The van der Waals surface area contributed by atoms with Crippen molar-refractivity contribution >= 4 is 0 Å². The lowest BCUT2D eigenvalue weighted by Gasteiger charge is -2.09. The van der Waals surface area contributed by atoms with Crippen LogP contribution >= 0.6 is 0 Å². The third-order valence-corrected chi connectivity index (χ3v) is 3.81. The summed E-state index contributed by atoms with van der Waals surface area (Å²) in [5, 5.41) is 19.4. The first kappa shape index (κ1) is 15.8. The largest absolute Gasteiger partial charge is 0.489 e. The van der Waals surface area contributed by atoms with Crippen LogP contribution in [0.2, 0.25) is 0 Å². The molecule has 24 heavy (non-hydrogen) atoms. The van der Waals surface area contributed by atoms with Gasteiger partial charge in [-0.2, -0.15) is 15.6 Å². The van der Waals surface area contributed by atoms with Crippen molar-refractivity contribution in [3.8, 4) is 23.1 Å². The fourth-order valence-corrected chi connectivity index (χ4v) is 2.43. The summed E-state index contributed by atoms with van der Waals surface area (Å²) in [6.07, 6.45) is 0. The van der Waals surface area contributed by atoms with Crippen LogP contribution in [0.3, 0.4) is 0 Å². The lowest BCUT2D eigenvalue weighted by atomic mass is 10.0. The predicted molar refractivity (Wildman–Crippen MR) is 91.4 cm³/mol. The van der Waals surface area contributed by atoms with Crippen molar-refractivity contribution in [1.82, 2.24) is 15.4 Å². The van der Waals surface area contributed by atoms with E-state index >= 15 is 0 Å². The van der Waals surface area contributed by atoms with E-state index in [1.807, 2.05) is 42.5 Å². The molecule has 0 radical (unpaired) electrons. The first-order chi connectivity index (χ1) is 11.7. The number of H-pyrrole nitrogens is 1. The van der Waals surface area contributed by atoms with Gasteiger partial charge in [-0.25, -0.2) is 0 Å². The van der Waals surface area contributed by atoms with Crippen molar-refractivity contribution in [2.24, 2.45) is 0 Å². The fourth-order valence-electron chi connectivity index (χ4n) is 2.43. The van der Waals surface area contributed by atoms with Crippen LogP contribution in [-0.2, 0) is 6.61 Å². The van der Waals surface area contributed by atoms with Crippen molar-refractivity contribution in [2.75, 3.05) is 0 Å². The van der Waals surface area contributed by atoms with Gasteiger partial charge < -0.3 is 4.74 Å². The third kappa shape index (κ3) is 3.44. The maximum atomic E-state index is 9.05. The number of nitrogens with zero attached hydrogens (tertiary/aromatic N) is 3. The molecule has 1 heterocycles. The Hall–Kier alpha value is -3.13. The maximum absolute atomic E-state index is 9.05. The molecule has 3 aromatic rings. The minimum atomic E-state index is 0.289. The van der Waals surface area contributed by atoms with Gasteiger partial charge in [0.25, 0.3) is 0 Å². The summed E-state index contributed by atoms with van der Waals surface area (Å²) < 4.78 is 5.85. The van der Waals surface area contributed by atoms with Crippen LogP contribution in [-0.4, -0.2) is 15.4 Å². The molecule has 120 valence electrons. The van der Waals surface area contributed by atoms with Crippen molar-refractivity contribution in [3.05, 3.63) is 65.4 Å². The van der Waals surface area contributed by atoms with Crippen molar-refractivity contribution in [2.45, 2.75) is 26.4 Å². The Balaban J connectivity index is 1.72. The van der Waals surface area contributed by atoms with Crippen LogP contribution in [0.1, 0.15) is 36.6 Å². The van der Waals surface area contributed by atoms with Crippen LogP contribution < -0.4 is 4.74 Å². The summed E-state index contributed by atoms with van der Waals surface area (Å²) in [5.74, 6) is 1.34. The normalized spacial score (nSPS) is 10.6. The van der Waals surface area contributed by atoms with E-state index in [2.05, 4.69) is 41.4 Å². The van der Waals surface area contributed by atoms with Crippen molar-refractivity contribution < 1.29 is 4.74 Å². The number of ether oxygens (including phenoxy) is 1. The lowest BCUT2D eigenvalue weighted by molar-refractivity contribution is 0.306. The van der Waals surface area contributed by atoms with E-state index in [-0.39, 0.29) is 5.69 Å². The molecule has 0 unspecified atom stereocenters. The Labute approximate surface area is 140 Å². The average Bonchev–Trinajstić information content (AvgIpc) is 3.09. The van der Waals surface area contributed by atoms with E-state index in [1.54, 1.807) is 0 Å². The van der Waals surface area contributed by atoms with E-state index in [1.165, 1.54) is 5.56 Å². The third-order valence-electron chi connectivity index (χ3n) is 3.81. The monoisotopic (exact) mass is 318 g/mol. The number of rotatable bonds is 5. The van der Waals surface area contributed by atoms with Crippen LogP contribution in [0.4, 0.5) is 0 Å². The fraction of sp³-hybridized carbons (Fsp3) is 0.211. The summed E-state index contributed by atoms with van der Waals surface area (Å²) in [7, 11) is 0. The van der Waals surface area contributed by atoms with E-state index < -0.39 is 0 Å². The minimum Gasteiger partial charge on any atom is -0.489 e. The number of hydrogen-bond donors (Lipinski definition) is 1. The summed E-state index contributed by atoms with van der Waals surface area (Å²) in [4.78, 5) is 0. The second-order valence-corrected chi connectivity index (χ2v) is 5.85. The molecule has 1 N–H and O–H groups in total. The van der Waals surface area contributed by atoms with Crippen LogP contribution in [0.5, 0.6) is 5.75 Å². The molecule has 2 aromatic carbocycles. The first-order valence-corrected chi connectivity index (χ1v) is 7.80. The zero-order chi connectivity index (χ0) is 16.9. The molecule has 0 aliphatic carbocycles. The Morgan fingerprint density at radius 3 is 2.62 bits per heavy atom. The second-order valence-electron chi connectivity index (χ2n) is 5.85. The standard InChI is InChI=1S/C19H18N4O/c1-13(2)15-6-8-17(9-7-15)24-12-14-4-3-5-16(10-14)19-18(11-20)21-23-22-19/h3-10,13H,12H2,1-2H3,(H,21,22,23). The van der Waals surface area contributed by atoms with Crippen LogP contribution in [0, 0.1) is 11.3 Å².